The zero-order chi connectivity index (χ0) is 16.2. The molecule has 0 bridgehead atoms. The Labute approximate surface area is 139 Å². The van der Waals surface area contributed by atoms with Crippen molar-refractivity contribution in [2.75, 3.05) is 11.1 Å². The molecule has 1 heterocycles. The lowest BCUT2D eigenvalue weighted by molar-refractivity contribution is 0.485. The van der Waals surface area contributed by atoms with E-state index >= 15 is 0 Å². The number of ether oxygens (including phenoxy) is 1. The fraction of sp³-hybridized carbons (Fsp3) is 0.0588. The summed E-state index contributed by atoms with van der Waals surface area (Å²) in [7, 11) is 0. The summed E-state index contributed by atoms with van der Waals surface area (Å²) in [5, 5.41) is 3.76. The highest BCUT2D eigenvalue weighted by molar-refractivity contribution is 6.31. The maximum atomic E-state index is 6.10. The lowest BCUT2D eigenvalue weighted by Gasteiger charge is -2.13. The molecular formula is C17H15ClN4O. The van der Waals surface area contributed by atoms with Crippen LogP contribution in [0.25, 0.3) is 0 Å². The minimum absolute atomic E-state index is 0.208. The molecule has 0 atom stereocenters. The van der Waals surface area contributed by atoms with E-state index < -0.39 is 0 Å². The Kier molecular flexibility index (Phi) is 4.30. The van der Waals surface area contributed by atoms with E-state index in [4.69, 9.17) is 22.1 Å². The summed E-state index contributed by atoms with van der Waals surface area (Å²) in [4.78, 5) is 8.22. The Morgan fingerprint density at radius 3 is 2.57 bits per heavy atom. The van der Waals surface area contributed by atoms with Crippen molar-refractivity contribution in [3.8, 4) is 11.5 Å². The normalized spacial score (nSPS) is 10.3. The van der Waals surface area contributed by atoms with Crippen molar-refractivity contribution in [3.63, 3.8) is 0 Å². The van der Waals surface area contributed by atoms with Gasteiger partial charge < -0.3 is 15.8 Å². The molecule has 0 aliphatic rings. The van der Waals surface area contributed by atoms with Crippen LogP contribution in [-0.2, 0) is 0 Å². The number of halogens is 1. The van der Waals surface area contributed by atoms with Crippen LogP contribution in [0.5, 0.6) is 11.5 Å². The average molecular weight is 327 g/mol. The number of para-hydroxylation sites is 1. The predicted molar refractivity (Wildman–Crippen MR) is 92.4 cm³/mol. The maximum absolute atomic E-state index is 6.10. The van der Waals surface area contributed by atoms with Gasteiger partial charge in [-0.25, -0.2) is 4.98 Å². The third-order valence-corrected chi connectivity index (χ3v) is 3.28. The van der Waals surface area contributed by atoms with Gasteiger partial charge in [0.15, 0.2) is 5.75 Å². The Hall–Kier alpha value is -2.79. The first-order valence-electron chi connectivity index (χ1n) is 7.01. The summed E-state index contributed by atoms with van der Waals surface area (Å²) in [6, 6.07) is 16.6. The van der Waals surface area contributed by atoms with Gasteiger partial charge in [-0.1, -0.05) is 29.8 Å². The van der Waals surface area contributed by atoms with Crippen LogP contribution in [-0.4, -0.2) is 9.97 Å². The van der Waals surface area contributed by atoms with E-state index in [1.54, 1.807) is 24.3 Å². The second-order valence-corrected chi connectivity index (χ2v) is 5.37. The van der Waals surface area contributed by atoms with Gasteiger partial charge in [-0.15, -0.1) is 0 Å². The monoisotopic (exact) mass is 326 g/mol. The number of benzene rings is 2. The van der Waals surface area contributed by atoms with Crippen LogP contribution in [0.1, 0.15) is 5.69 Å². The van der Waals surface area contributed by atoms with Gasteiger partial charge in [0.25, 0.3) is 0 Å². The quantitative estimate of drug-likeness (QED) is 0.735. The molecular weight excluding hydrogens is 312 g/mol. The van der Waals surface area contributed by atoms with Crippen LogP contribution in [0.3, 0.4) is 0 Å². The van der Waals surface area contributed by atoms with Gasteiger partial charge in [0.2, 0.25) is 5.95 Å². The molecule has 0 aliphatic heterocycles. The SMILES string of the molecule is Cc1cc(Nc2cc(Cl)ccc2Oc2ccccc2)nc(N)n1. The van der Waals surface area contributed by atoms with Crippen molar-refractivity contribution in [1.82, 2.24) is 9.97 Å². The first-order chi connectivity index (χ1) is 11.1. The van der Waals surface area contributed by atoms with Crippen LogP contribution in [0.4, 0.5) is 17.5 Å². The fourth-order valence-corrected chi connectivity index (χ4v) is 2.27. The largest absolute Gasteiger partial charge is 0.455 e. The van der Waals surface area contributed by atoms with Gasteiger partial charge in [-0.2, -0.15) is 4.98 Å². The zero-order valence-electron chi connectivity index (χ0n) is 12.5. The number of nitrogen functional groups attached to an aromatic ring is 1. The lowest BCUT2D eigenvalue weighted by atomic mass is 10.2. The first-order valence-corrected chi connectivity index (χ1v) is 7.38. The molecule has 3 rings (SSSR count). The predicted octanol–water partition coefficient (Wildman–Crippen LogP) is 4.56. The standard InChI is InChI=1S/C17H15ClN4O/c1-11-9-16(22-17(19)20-11)21-14-10-12(18)7-8-15(14)23-13-5-3-2-4-6-13/h2-10H,1H3,(H3,19,20,21,22). The number of nitrogens with zero attached hydrogens (tertiary/aromatic N) is 2. The molecule has 2 aromatic carbocycles. The van der Waals surface area contributed by atoms with Gasteiger partial charge in [0.05, 0.1) is 5.69 Å². The van der Waals surface area contributed by atoms with Crippen molar-refractivity contribution < 1.29 is 4.74 Å². The van der Waals surface area contributed by atoms with Gasteiger partial charge >= 0.3 is 0 Å². The summed E-state index contributed by atoms with van der Waals surface area (Å²) in [6.45, 7) is 1.85. The molecule has 0 saturated heterocycles. The lowest BCUT2D eigenvalue weighted by Crippen LogP contribution is -2.02. The van der Waals surface area contributed by atoms with Gasteiger partial charge in [0, 0.05) is 16.8 Å². The molecule has 0 saturated carbocycles. The molecule has 116 valence electrons. The minimum Gasteiger partial charge on any atom is -0.455 e. The van der Waals surface area contributed by atoms with Crippen LogP contribution in [0, 0.1) is 6.92 Å². The van der Waals surface area contributed by atoms with E-state index in [1.807, 2.05) is 37.3 Å². The molecule has 0 unspecified atom stereocenters. The highest BCUT2D eigenvalue weighted by atomic mass is 35.5. The molecule has 23 heavy (non-hydrogen) atoms. The van der Waals surface area contributed by atoms with Crippen LogP contribution >= 0.6 is 11.6 Å². The van der Waals surface area contributed by atoms with E-state index in [2.05, 4.69) is 15.3 Å². The van der Waals surface area contributed by atoms with Crippen molar-refractivity contribution in [2.45, 2.75) is 6.92 Å². The Balaban J connectivity index is 1.93. The number of rotatable bonds is 4. The fourth-order valence-electron chi connectivity index (χ4n) is 2.10. The van der Waals surface area contributed by atoms with E-state index in [9.17, 15) is 0 Å². The van der Waals surface area contributed by atoms with Gasteiger partial charge in [-0.3, -0.25) is 0 Å². The Morgan fingerprint density at radius 1 is 1.04 bits per heavy atom. The molecule has 1 aromatic heterocycles. The third-order valence-electron chi connectivity index (χ3n) is 3.05. The maximum Gasteiger partial charge on any atom is 0.222 e. The summed E-state index contributed by atoms with van der Waals surface area (Å²) in [5.74, 6) is 2.15. The van der Waals surface area contributed by atoms with Gasteiger partial charge in [0.1, 0.15) is 11.6 Å². The van der Waals surface area contributed by atoms with E-state index in [0.29, 0.717) is 22.3 Å². The number of nitrogens with two attached hydrogens (primary N) is 1. The number of aromatic nitrogens is 2. The highest BCUT2D eigenvalue weighted by Crippen LogP contribution is 2.33. The number of anilines is 3. The minimum atomic E-state index is 0.208. The number of nitrogens with one attached hydrogen (secondary N) is 1. The Morgan fingerprint density at radius 2 is 1.83 bits per heavy atom. The van der Waals surface area contributed by atoms with Crippen LogP contribution in [0.15, 0.2) is 54.6 Å². The van der Waals surface area contributed by atoms with Crippen molar-refractivity contribution in [3.05, 3.63) is 65.3 Å². The molecule has 3 aromatic rings. The van der Waals surface area contributed by atoms with Crippen LogP contribution in [0.2, 0.25) is 5.02 Å². The molecule has 6 heteroatoms. The highest BCUT2D eigenvalue weighted by Gasteiger charge is 2.08. The smallest absolute Gasteiger partial charge is 0.222 e. The summed E-state index contributed by atoms with van der Waals surface area (Å²) >= 11 is 6.10. The van der Waals surface area contributed by atoms with Crippen molar-refractivity contribution in [2.24, 2.45) is 0 Å². The zero-order valence-corrected chi connectivity index (χ0v) is 13.2. The second kappa shape index (κ2) is 6.54. The van der Waals surface area contributed by atoms with Gasteiger partial charge in [-0.05, 0) is 37.3 Å². The molecule has 0 amide bonds. The average Bonchev–Trinajstić information content (AvgIpc) is 2.50. The molecule has 0 aliphatic carbocycles. The van der Waals surface area contributed by atoms with E-state index in [-0.39, 0.29) is 5.95 Å². The second-order valence-electron chi connectivity index (χ2n) is 4.93. The van der Waals surface area contributed by atoms with E-state index in [0.717, 1.165) is 11.4 Å². The number of hydrogen-bond donors (Lipinski definition) is 2. The topological polar surface area (TPSA) is 73.1 Å². The molecule has 0 fully saturated rings. The van der Waals surface area contributed by atoms with Crippen LogP contribution < -0.4 is 15.8 Å². The molecule has 5 nitrogen and oxygen atoms in total. The number of hydrogen-bond acceptors (Lipinski definition) is 5. The first kappa shape index (κ1) is 15.1. The summed E-state index contributed by atoms with van der Waals surface area (Å²) in [6.07, 6.45) is 0. The summed E-state index contributed by atoms with van der Waals surface area (Å²) < 4.78 is 5.90. The van der Waals surface area contributed by atoms with Crippen molar-refractivity contribution in [1.29, 1.82) is 0 Å². The van der Waals surface area contributed by atoms with Crippen molar-refractivity contribution >= 4 is 29.1 Å². The third kappa shape index (κ3) is 3.90. The number of aryl methyl sites for hydroxylation is 1. The summed E-state index contributed by atoms with van der Waals surface area (Å²) in [5.41, 5.74) is 7.15. The molecule has 0 spiro atoms. The molecule has 0 radical (unpaired) electrons. The van der Waals surface area contributed by atoms with E-state index in [1.165, 1.54) is 0 Å². The Bertz CT molecular complexity index is 804. The molecule has 3 N–H and O–H groups in total.